The lowest BCUT2D eigenvalue weighted by Crippen LogP contribution is -2.07. The zero-order valence-electron chi connectivity index (χ0n) is 32.6. The number of aromatic nitrogens is 4. The van der Waals surface area contributed by atoms with Gasteiger partial charge in [0.25, 0.3) is 0 Å². The Balaban J connectivity index is 0.998. The highest BCUT2D eigenvalue weighted by Gasteiger charge is 2.21. The highest BCUT2D eigenvalue weighted by atomic mass is 32.1. The van der Waals surface area contributed by atoms with Gasteiger partial charge in [0.05, 0.1) is 11.0 Å². The van der Waals surface area contributed by atoms with Gasteiger partial charge in [-0.15, -0.1) is 11.3 Å². The van der Waals surface area contributed by atoms with Crippen molar-refractivity contribution in [3.05, 3.63) is 194 Å². The molecule has 0 saturated carbocycles. The van der Waals surface area contributed by atoms with E-state index in [1.807, 2.05) is 18.2 Å². The Morgan fingerprint density at radius 3 is 1.87 bits per heavy atom. The molecule has 61 heavy (non-hydrogen) atoms. The SMILES string of the molecule is c1ccc(-c2nc(-c3ccc4c(c3)sc3ccccc34)nc(-n3c4ccccc4c4cccc(-c5ccc6c(c5)oc5cc(-c7ccc8ccccc8c7)ccc56)c43)n2)cc1. The maximum Gasteiger partial charge on any atom is 0.238 e. The molecule has 284 valence electrons. The molecule has 0 bridgehead atoms. The molecule has 13 aromatic rings. The highest BCUT2D eigenvalue weighted by Crippen LogP contribution is 2.41. The summed E-state index contributed by atoms with van der Waals surface area (Å²) in [5, 5.41) is 9.38. The van der Waals surface area contributed by atoms with Crippen LogP contribution in [-0.2, 0) is 0 Å². The first-order chi connectivity index (χ1) is 30.2. The van der Waals surface area contributed by atoms with Crippen LogP contribution >= 0.6 is 11.3 Å². The van der Waals surface area contributed by atoms with Gasteiger partial charge in [-0.2, -0.15) is 9.97 Å². The van der Waals surface area contributed by atoms with Gasteiger partial charge in [0.2, 0.25) is 5.95 Å². The summed E-state index contributed by atoms with van der Waals surface area (Å²) in [7, 11) is 0. The monoisotopic (exact) mass is 796 g/mol. The molecular weight excluding hydrogens is 765 g/mol. The first-order valence-corrected chi connectivity index (χ1v) is 21.2. The van der Waals surface area contributed by atoms with Crippen LogP contribution in [0.2, 0.25) is 0 Å². The lowest BCUT2D eigenvalue weighted by atomic mass is 9.99. The highest BCUT2D eigenvalue weighted by molar-refractivity contribution is 7.25. The van der Waals surface area contributed by atoms with E-state index in [-0.39, 0.29) is 0 Å². The lowest BCUT2D eigenvalue weighted by Gasteiger charge is -2.13. The van der Waals surface area contributed by atoms with Crippen LogP contribution in [-0.4, -0.2) is 19.5 Å². The predicted molar refractivity (Wildman–Crippen MR) is 254 cm³/mol. The van der Waals surface area contributed by atoms with E-state index in [1.165, 1.54) is 36.5 Å². The summed E-state index contributed by atoms with van der Waals surface area (Å²) in [6.07, 6.45) is 0. The van der Waals surface area contributed by atoms with Crippen LogP contribution in [0, 0.1) is 0 Å². The van der Waals surface area contributed by atoms with E-state index in [4.69, 9.17) is 19.4 Å². The van der Waals surface area contributed by atoms with Crippen molar-refractivity contribution in [1.82, 2.24) is 19.5 Å². The number of fused-ring (bicyclic) bond motifs is 10. The molecule has 4 heterocycles. The molecule has 0 aliphatic rings. The molecular formula is C55H32N4OS. The third-order valence-electron chi connectivity index (χ3n) is 12.1. The quantitative estimate of drug-likeness (QED) is 0.174. The molecule has 0 N–H and O–H groups in total. The first-order valence-electron chi connectivity index (χ1n) is 20.4. The Hall–Kier alpha value is -7.93. The lowest BCUT2D eigenvalue weighted by molar-refractivity contribution is 0.669. The van der Waals surface area contributed by atoms with Crippen molar-refractivity contribution < 1.29 is 4.42 Å². The average molecular weight is 797 g/mol. The number of rotatable bonds is 5. The Labute approximate surface area is 353 Å². The van der Waals surface area contributed by atoms with Gasteiger partial charge < -0.3 is 4.42 Å². The Bertz CT molecular complexity index is 3900. The molecule has 0 unspecified atom stereocenters. The standard InChI is InChI=1S/C55H32N4OS/c1-2-12-34(13-3-1)53-56-54(39-25-28-45-44-16-7-9-20-50(44)61-51(45)32-39)58-55(57-53)59-47-19-8-6-15-41(47)46-18-10-17-40(52(46)59)38-24-27-43-42-26-23-37(30-48(42)60-49(43)31-38)36-22-21-33-11-4-5-14-35(33)29-36/h1-32H. The molecule has 0 amide bonds. The average Bonchev–Trinajstić information content (AvgIpc) is 4.00. The third kappa shape index (κ3) is 5.43. The van der Waals surface area contributed by atoms with Gasteiger partial charge in [-0.3, -0.25) is 4.57 Å². The number of hydrogen-bond donors (Lipinski definition) is 0. The van der Waals surface area contributed by atoms with Crippen molar-refractivity contribution in [3.8, 4) is 51.0 Å². The van der Waals surface area contributed by atoms with E-state index >= 15 is 0 Å². The molecule has 0 aliphatic carbocycles. The maximum atomic E-state index is 6.69. The van der Waals surface area contributed by atoms with Crippen LogP contribution in [0.3, 0.4) is 0 Å². The van der Waals surface area contributed by atoms with Crippen molar-refractivity contribution in [1.29, 1.82) is 0 Å². The largest absolute Gasteiger partial charge is 0.456 e. The molecule has 4 aromatic heterocycles. The second-order valence-electron chi connectivity index (χ2n) is 15.6. The molecule has 0 fully saturated rings. The second kappa shape index (κ2) is 13.3. The van der Waals surface area contributed by atoms with Gasteiger partial charge in [0, 0.05) is 58.4 Å². The molecule has 0 aliphatic heterocycles. The van der Waals surface area contributed by atoms with Crippen molar-refractivity contribution in [2.24, 2.45) is 0 Å². The maximum absolute atomic E-state index is 6.69. The van der Waals surface area contributed by atoms with E-state index in [2.05, 4.69) is 180 Å². The van der Waals surface area contributed by atoms with Gasteiger partial charge in [-0.05, 0) is 76.0 Å². The summed E-state index contributed by atoms with van der Waals surface area (Å²) in [5.41, 5.74) is 10.0. The van der Waals surface area contributed by atoms with Crippen molar-refractivity contribution in [3.63, 3.8) is 0 Å². The summed E-state index contributed by atoms with van der Waals surface area (Å²) in [4.78, 5) is 15.7. The zero-order valence-corrected chi connectivity index (χ0v) is 33.4. The molecule has 0 saturated heterocycles. The Morgan fingerprint density at radius 2 is 1.00 bits per heavy atom. The summed E-state index contributed by atoms with van der Waals surface area (Å²) in [5.74, 6) is 1.80. The summed E-state index contributed by atoms with van der Waals surface area (Å²) < 4.78 is 11.4. The number of furan rings is 1. The minimum absolute atomic E-state index is 0.560. The number of nitrogens with zero attached hydrogens (tertiary/aromatic N) is 4. The van der Waals surface area contributed by atoms with Gasteiger partial charge >= 0.3 is 0 Å². The zero-order chi connectivity index (χ0) is 40.0. The number of para-hydroxylation sites is 2. The fourth-order valence-corrected chi connectivity index (χ4v) is 10.3. The topological polar surface area (TPSA) is 56.7 Å². The fraction of sp³-hybridized carbons (Fsp3) is 0. The summed E-state index contributed by atoms with van der Waals surface area (Å²) in [6, 6.07) is 68.6. The van der Waals surface area contributed by atoms with Crippen molar-refractivity contribution >= 4 is 86.0 Å². The van der Waals surface area contributed by atoms with Crippen LogP contribution in [0.15, 0.2) is 199 Å². The van der Waals surface area contributed by atoms with E-state index in [0.717, 1.165) is 71.6 Å². The predicted octanol–water partition coefficient (Wildman–Crippen LogP) is 15.1. The Morgan fingerprint density at radius 1 is 0.377 bits per heavy atom. The summed E-state index contributed by atoms with van der Waals surface area (Å²) >= 11 is 1.79. The van der Waals surface area contributed by atoms with Crippen LogP contribution in [0.25, 0.3) is 126 Å². The molecule has 0 spiro atoms. The van der Waals surface area contributed by atoms with Crippen LogP contribution in [0.5, 0.6) is 0 Å². The molecule has 6 heteroatoms. The first kappa shape index (κ1) is 34.0. The van der Waals surface area contributed by atoms with Crippen molar-refractivity contribution in [2.75, 3.05) is 0 Å². The van der Waals surface area contributed by atoms with E-state index in [1.54, 1.807) is 11.3 Å². The second-order valence-corrected chi connectivity index (χ2v) is 16.7. The third-order valence-corrected chi connectivity index (χ3v) is 13.2. The number of thiophene rings is 1. The van der Waals surface area contributed by atoms with Crippen molar-refractivity contribution in [2.45, 2.75) is 0 Å². The van der Waals surface area contributed by atoms with Gasteiger partial charge in [-0.25, -0.2) is 4.98 Å². The van der Waals surface area contributed by atoms with Gasteiger partial charge in [0.1, 0.15) is 11.2 Å². The number of hydrogen-bond acceptors (Lipinski definition) is 5. The smallest absolute Gasteiger partial charge is 0.238 e. The minimum Gasteiger partial charge on any atom is -0.456 e. The van der Waals surface area contributed by atoms with Crippen LogP contribution in [0.1, 0.15) is 0 Å². The van der Waals surface area contributed by atoms with Gasteiger partial charge in [0.15, 0.2) is 11.6 Å². The minimum atomic E-state index is 0.560. The molecule has 0 radical (unpaired) electrons. The molecule has 0 atom stereocenters. The van der Waals surface area contributed by atoms with E-state index < -0.39 is 0 Å². The van der Waals surface area contributed by atoms with E-state index in [0.29, 0.717) is 17.6 Å². The normalized spacial score (nSPS) is 11.9. The fourth-order valence-electron chi connectivity index (χ4n) is 9.13. The van der Waals surface area contributed by atoms with E-state index in [9.17, 15) is 0 Å². The number of benzene rings is 9. The molecule has 9 aromatic carbocycles. The van der Waals surface area contributed by atoms with Crippen LogP contribution in [0.4, 0.5) is 0 Å². The Kier molecular flexibility index (Phi) is 7.41. The summed E-state index contributed by atoms with van der Waals surface area (Å²) in [6.45, 7) is 0. The van der Waals surface area contributed by atoms with Gasteiger partial charge in [-0.1, -0.05) is 146 Å². The van der Waals surface area contributed by atoms with Crippen LogP contribution < -0.4 is 0 Å². The molecule has 5 nitrogen and oxygen atoms in total. The molecule has 13 rings (SSSR count).